The topological polar surface area (TPSA) is 61.8 Å². The summed E-state index contributed by atoms with van der Waals surface area (Å²) in [7, 11) is 0. The molecule has 2 aliphatic rings. The number of allylic oxidation sites excluding steroid dienone is 1. The molecule has 16 heavy (non-hydrogen) atoms. The summed E-state index contributed by atoms with van der Waals surface area (Å²) in [5.74, 6) is -1.11. The molecular weight excluding hydrogens is 353 g/mol. The first kappa shape index (κ1) is 18.1. The van der Waals surface area contributed by atoms with Gasteiger partial charge in [-0.2, -0.15) is 0 Å². The van der Waals surface area contributed by atoms with Crippen LogP contribution in [0.3, 0.4) is 0 Å². The van der Waals surface area contributed by atoms with E-state index in [4.69, 9.17) is 9.47 Å². The van der Waals surface area contributed by atoms with Crippen molar-refractivity contribution in [3.05, 3.63) is 12.2 Å². The zero-order valence-electron chi connectivity index (χ0n) is 7.89. The van der Waals surface area contributed by atoms with Crippen LogP contribution in [0.25, 0.3) is 0 Å². The molecule has 0 bridgehead atoms. The van der Waals surface area contributed by atoms with Gasteiger partial charge in [-0.1, -0.05) is 12.2 Å². The average molecular weight is 361 g/mol. The second kappa shape index (κ2) is 7.13. The molecule has 0 atom stereocenters. The Balaban J connectivity index is 0. The Kier molecular flexibility index (Phi) is 8.06. The Hall–Kier alpha value is -0.278. The maximum absolute atomic E-state index is 10.8. The van der Waals surface area contributed by atoms with Crippen LogP contribution >= 0.6 is 0 Å². The van der Waals surface area contributed by atoms with Crippen molar-refractivity contribution < 1.29 is 69.0 Å². The predicted octanol–water partition coefficient (Wildman–Crippen LogP) is -4.27. The van der Waals surface area contributed by atoms with E-state index in [0.717, 1.165) is 6.42 Å². The molecule has 0 amide bonds. The molecule has 0 aromatic carbocycles. The molecule has 0 aromatic heterocycles. The fourth-order valence-electron chi connectivity index (χ4n) is 1.41. The van der Waals surface area contributed by atoms with Gasteiger partial charge >= 0.3 is 32.7 Å². The average Bonchev–Trinajstić information content (AvgIpc) is 2.02. The van der Waals surface area contributed by atoms with Gasteiger partial charge in [0.15, 0.2) is 0 Å². The molecule has 1 aliphatic carbocycles. The zero-order valence-corrected chi connectivity index (χ0v) is 11.0. The zero-order chi connectivity index (χ0) is 9.31. The van der Waals surface area contributed by atoms with E-state index >= 15 is 0 Å². The monoisotopic (exact) mass is 360 g/mol. The summed E-state index contributed by atoms with van der Waals surface area (Å²) < 4.78 is 13.7. The molecule has 2 rings (SSSR count). The van der Waals surface area contributed by atoms with Gasteiger partial charge in [0, 0.05) is 12.8 Å². The fourth-order valence-corrected chi connectivity index (χ4v) is 1.41. The van der Waals surface area contributed by atoms with Gasteiger partial charge in [-0.3, -0.25) is 0 Å². The van der Waals surface area contributed by atoms with Gasteiger partial charge in [-0.25, -0.2) is 9.59 Å². The summed E-state index contributed by atoms with van der Waals surface area (Å²) >= 11 is 0. The van der Waals surface area contributed by atoms with E-state index in [9.17, 15) is 9.59 Å². The van der Waals surface area contributed by atoms with E-state index in [-0.39, 0.29) is 45.2 Å². The number of hydrogen-bond acceptors (Lipinski definition) is 5. The molecule has 1 saturated heterocycles. The van der Waals surface area contributed by atoms with Gasteiger partial charge in [0.1, 0.15) is 0 Å². The van der Waals surface area contributed by atoms with Crippen LogP contribution in [0.15, 0.2) is 12.2 Å². The van der Waals surface area contributed by atoms with Crippen LogP contribution < -0.4 is 24.8 Å². The van der Waals surface area contributed by atoms with E-state index in [1.165, 1.54) is 0 Å². The summed E-state index contributed by atoms with van der Waals surface area (Å²) in [6, 6.07) is 0. The van der Waals surface area contributed by atoms with Crippen LogP contribution in [0.1, 0.15) is 19.3 Å². The number of ether oxygens (including phenoxy) is 3. The second-order valence-corrected chi connectivity index (χ2v) is 2.93. The standard InChI is InChI=1S/C8H8O5.2ClH.Pd/c9-6-11-7(10)13-8(12-6)4-2-1-3-5-8;;;/h1-2H,3-5H2;2*1H;/q;;;+2/p-2. The molecule has 1 fully saturated rings. The predicted molar refractivity (Wildman–Crippen MR) is 39.8 cm³/mol. The van der Waals surface area contributed by atoms with Crippen molar-refractivity contribution in [1.29, 1.82) is 0 Å². The third-order valence-corrected chi connectivity index (χ3v) is 1.99. The molecular formula is C8H8Cl2O5Pd. The van der Waals surface area contributed by atoms with Gasteiger partial charge in [-0.15, -0.1) is 0 Å². The van der Waals surface area contributed by atoms with Gasteiger partial charge in [0.05, 0.1) is 0 Å². The summed E-state index contributed by atoms with van der Waals surface area (Å²) in [4.78, 5) is 21.6. The van der Waals surface area contributed by atoms with Crippen molar-refractivity contribution in [3.8, 4) is 0 Å². The van der Waals surface area contributed by atoms with E-state index in [1.807, 2.05) is 12.2 Å². The van der Waals surface area contributed by atoms with Crippen molar-refractivity contribution in [1.82, 2.24) is 0 Å². The minimum absolute atomic E-state index is 0. The van der Waals surface area contributed by atoms with Crippen molar-refractivity contribution in [2.45, 2.75) is 25.0 Å². The first-order valence-electron chi connectivity index (χ1n) is 3.99. The Morgan fingerprint density at radius 2 is 1.62 bits per heavy atom. The third-order valence-electron chi connectivity index (χ3n) is 1.99. The first-order valence-corrected chi connectivity index (χ1v) is 3.99. The van der Waals surface area contributed by atoms with Crippen molar-refractivity contribution >= 4 is 12.3 Å². The molecule has 0 aromatic rings. The molecule has 1 heterocycles. The van der Waals surface area contributed by atoms with E-state index in [0.29, 0.717) is 12.8 Å². The Morgan fingerprint density at radius 1 is 1.06 bits per heavy atom. The van der Waals surface area contributed by atoms with Crippen LogP contribution in [-0.4, -0.2) is 18.1 Å². The van der Waals surface area contributed by atoms with E-state index in [1.54, 1.807) is 0 Å². The Morgan fingerprint density at radius 3 is 2.06 bits per heavy atom. The van der Waals surface area contributed by atoms with Gasteiger partial charge in [0.25, 0.3) is 5.79 Å². The summed E-state index contributed by atoms with van der Waals surface area (Å²) in [5, 5.41) is 0. The van der Waals surface area contributed by atoms with Crippen LogP contribution in [0.4, 0.5) is 9.59 Å². The smallest absolute Gasteiger partial charge is 1.00 e. The molecule has 94 valence electrons. The number of rotatable bonds is 0. The maximum atomic E-state index is 10.8. The number of hydrogen-bond donors (Lipinski definition) is 0. The summed E-state index contributed by atoms with van der Waals surface area (Å²) in [5.41, 5.74) is 0. The SMILES string of the molecule is O=C1OC(=O)OC2(CC=CCC2)O1.[Cl-].[Cl-].[Pd+2]. The van der Waals surface area contributed by atoms with Crippen molar-refractivity contribution in [2.75, 3.05) is 0 Å². The van der Waals surface area contributed by atoms with Crippen LogP contribution in [0.2, 0.25) is 0 Å². The normalized spacial score (nSPS) is 20.2. The summed E-state index contributed by atoms with van der Waals surface area (Å²) in [6.07, 6.45) is 3.41. The molecule has 1 spiro atoms. The summed E-state index contributed by atoms with van der Waals surface area (Å²) in [6.45, 7) is 0. The second-order valence-electron chi connectivity index (χ2n) is 2.93. The molecule has 0 radical (unpaired) electrons. The van der Waals surface area contributed by atoms with Crippen LogP contribution in [-0.2, 0) is 34.6 Å². The molecule has 1 aliphatic heterocycles. The number of carbonyl (C=O) groups excluding carboxylic acids is 2. The van der Waals surface area contributed by atoms with Crippen molar-refractivity contribution in [2.24, 2.45) is 0 Å². The molecule has 0 N–H and O–H groups in total. The Labute approximate surface area is 118 Å². The first-order chi connectivity index (χ1) is 6.20. The van der Waals surface area contributed by atoms with Crippen molar-refractivity contribution in [3.63, 3.8) is 0 Å². The van der Waals surface area contributed by atoms with E-state index < -0.39 is 18.1 Å². The minimum Gasteiger partial charge on any atom is -1.00 e. The quantitative estimate of drug-likeness (QED) is 0.189. The maximum Gasteiger partial charge on any atom is 2.00 e. The number of cyclic esters (lactones) is 2. The Bertz CT molecular complexity index is 278. The molecule has 8 heteroatoms. The third kappa shape index (κ3) is 3.95. The minimum atomic E-state index is -1.11. The molecule has 0 saturated carbocycles. The van der Waals surface area contributed by atoms with Gasteiger partial charge in [-0.05, 0) is 6.42 Å². The molecule has 0 unspecified atom stereocenters. The molecule has 5 nitrogen and oxygen atoms in total. The number of carbonyl (C=O) groups is 2. The van der Waals surface area contributed by atoms with E-state index in [2.05, 4.69) is 4.74 Å². The van der Waals surface area contributed by atoms with Crippen LogP contribution in [0, 0.1) is 0 Å². The van der Waals surface area contributed by atoms with Crippen LogP contribution in [0.5, 0.6) is 0 Å². The van der Waals surface area contributed by atoms with Gasteiger partial charge in [0.2, 0.25) is 0 Å². The largest absolute Gasteiger partial charge is 2.00 e. The number of halogens is 2. The van der Waals surface area contributed by atoms with Gasteiger partial charge < -0.3 is 39.0 Å². The fraction of sp³-hybridized carbons (Fsp3) is 0.500.